The van der Waals surface area contributed by atoms with E-state index in [9.17, 15) is 4.79 Å². The molecule has 3 aromatic rings. The molecule has 0 saturated carbocycles. The number of para-hydroxylation sites is 1. The third kappa shape index (κ3) is 3.29. The van der Waals surface area contributed by atoms with Crippen LogP contribution >= 0.6 is 11.6 Å². The predicted molar refractivity (Wildman–Crippen MR) is 85.6 cm³/mol. The van der Waals surface area contributed by atoms with Gasteiger partial charge in [-0.3, -0.25) is 20.2 Å². The number of rotatable bonds is 4. The molecule has 2 N–H and O–H groups in total. The minimum absolute atomic E-state index is 0.137. The molecule has 2 aromatic heterocycles. The van der Waals surface area contributed by atoms with E-state index in [2.05, 4.69) is 25.5 Å². The quantitative estimate of drug-likeness (QED) is 0.767. The summed E-state index contributed by atoms with van der Waals surface area (Å²) in [7, 11) is 1.57. The summed E-state index contributed by atoms with van der Waals surface area (Å²) in [6.45, 7) is 0. The summed E-state index contributed by atoms with van der Waals surface area (Å²) in [4.78, 5) is 20.3. The lowest BCUT2D eigenvalue weighted by Crippen LogP contribution is -2.14. The molecule has 23 heavy (non-hydrogen) atoms. The monoisotopic (exact) mass is 329 g/mol. The average molecular weight is 330 g/mol. The standard InChI is InChI=1S/C15H12ClN5O2/c1-23-12-5-3-2-4-10(12)13-18-15(21-20-13)19-14(22)11-8-9(16)6-7-17-11/h2-8H,1H3,(H2,18,19,20,21,22). The first-order chi connectivity index (χ1) is 11.2. The number of benzene rings is 1. The number of methoxy groups -OCH3 is 1. The molecule has 0 spiro atoms. The van der Waals surface area contributed by atoms with Crippen LogP contribution in [0, 0.1) is 0 Å². The molecule has 0 bridgehead atoms. The molecule has 0 saturated heterocycles. The van der Waals surface area contributed by atoms with Gasteiger partial charge >= 0.3 is 0 Å². The Bertz CT molecular complexity index is 849. The molecule has 0 aliphatic rings. The lowest BCUT2D eigenvalue weighted by Gasteiger charge is -2.04. The second-order valence-electron chi connectivity index (χ2n) is 4.52. The van der Waals surface area contributed by atoms with Crippen molar-refractivity contribution in [3.8, 4) is 17.1 Å². The lowest BCUT2D eigenvalue weighted by atomic mass is 10.2. The van der Waals surface area contributed by atoms with E-state index in [0.29, 0.717) is 16.6 Å². The zero-order valence-corrected chi connectivity index (χ0v) is 12.8. The molecule has 0 aliphatic heterocycles. The first kappa shape index (κ1) is 15.0. The molecule has 2 heterocycles. The van der Waals surface area contributed by atoms with Crippen molar-refractivity contribution in [1.29, 1.82) is 0 Å². The number of halogens is 1. The fourth-order valence-corrected chi connectivity index (χ4v) is 2.13. The van der Waals surface area contributed by atoms with Crippen molar-refractivity contribution in [1.82, 2.24) is 20.2 Å². The highest BCUT2D eigenvalue weighted by Gasteiger charge is 2.14. The Hall–Kier alpha value is -2.93. The second-order valence-corrected chi connectivity index (χ2v) is 4.96. The highest BCUT2D eigenvalue weighted by atomic mass is 35.5. The summed E-state index contributed by atoms with van der Waals surface area (Å²) < 4.78 is 5.27. The maximum Gasteiger partial charge on any atom is 0.276 e. The van der Waals surface area contributed by atoms with E-state index in [1.165, 1.54) is 12.3 Å². The van der Waals surface area contributed by atoms with Gasteiger partial charge in [-0.05, 0) is 24.3 Å². The normalized spacial score (nSPS) is 10.3. The second kappa shape index (κ2) is 6.45. The number of hydrogen-bond acceptors (Lipinski definition) is 5. The van der Waals surface area contributed by atoms with Crippen molar-refractivity contribution in [2.24, 2.45) is 0 Å². The Labute approximate surface area is 136 Å². The summed E-state index contributed by atoms with van der Waals surface area (Å²) in [5.41, 5.74) is 0.921. The number of carbonyl (C=O) groups excluding carboxylic acids is 1. The van der Waals surface area contributed by atoms with Gasteiger partial charge in [-0.15, -0.1) is 5.10 Å². The average Bonchev–Trinajstić information content (AvgIpc) is 3.03. The van der Waals surface area contributed by atoms with Gasteiger partial charge in [0.25, 0.3) is 5.91 Å². The number of amides is 1. The summed E-state index contributed by atoms with van der Waals surface area (Å²) in [6, 6.07) is 10.4. The third-order valence-electron chi connectivity index (χ3n) is 3.03. The maximum atomic E-state index is 12.1. The highest BCUT2D eigenvalue weighted by molar-refractivity contribution is 6.30. The number of aromatic amines is 1. The number of nitrogens with zero attached hydrogens (tertiary/aromatic N) is 3. The van der Waals surface area contributed by atoms with Crippen molar-refractivity contribution >= 4 is 23.5 Å². The highest BCUT2D eigenvalue weighted by Crippen LogP contribution is 2.27. The Balaban J connectivity index is 1.81. The van der Waals surface area contributed by atoms with Gasteiger partial charge in [0.2, 0.25) is 5.95 Å². The Morgan fingerprint density at radius 2 is 2.13 bits per heavy atom. The molecule has 0 unspecified atom stereocenters. The smallest absolute Gasteiger partial charge is 0.276 e. The number of aromatic nitrogens is 4. The maximum absolute atomic E-state index is 12.1. The largest absolute Gasteiger partial charge is 0.496 e. The number of carbonyl (C=O) groups is 1. The van der Waals surface area contributed by atoms with Crippen molar-refractivity contribution < 1.29 is 9.53 Å². The van der Waals surface area contributed by atoms with Crippen LogP contribution in [0.4, 0.5) is 5.95 Å². The Kier molecular flexibility index (Phi) is 4.20. The molecule has 0 atom stereocenters. The lowest BCUT2D eigenvalue weighted by molar-refractivity contribution is 0.102. The fraction of sp³-hybridized carbons (Fsp3) is 0.0667. The van der Waals surface area contributed by atoms with Gasteiger partial charge in [-0.1, -0.05) is 23.7 Å². The molecule has 7 nitrogen and oxygen atoms in total. The van der Waals surface area contributed by atoms with Crippen LogP contribution in [0.15, 0.2) is 42.6 Å². The van der Waals surface area contributed by atoms with Crippen LogP contribution < -0.4 is 10.1 Å². The molecule has 0 aliphatic carbocycles. The first-order valence-corrected chi connectivity index (χ1v) is 7.04. The minimum atomic E-state index is -0.446. The minimum Gasteiger partial charge on any atom is -0.496 e. The molecule has 1 aromatic carbocycles. The predicted octanol–water partition coefficient (Wildman–Crippen LogP) is 2.78. The zero-order valence-electron chi connectivity index (χ0n) is 12.1. The molecule has 116 valence electrons. The topological polar surface area (TPSA) is 92.8 Å². The van der Waals surface area contributed by atoms with Crippen molar-refractivity contribution in [3.63, 3.8) is 0 Å². The van der Waals surface area contributed by atoms with E-state index >= 15 is 0 Å². The molecular formula is C15H12ClN5O2. The van der Waals surface area contributed by atoms with Gasteiger partial charge in [0.1, 0.15) is 11.4 Å². The number of H-pyrrole nitrogens is 1. The third-order valence-corrected chi connectivity index (χ3v) is 3.26. The number of hydrogen-bond donors (Lipinski definition) is 2. The molecule has 0 fully saturated rings. The van der Waals surface area contributed by atoms with E-state index in [-0.39, 0.29) is 11.6 Å². The Morgan fingerprint density at radius 3 is 2.91 bits per heavy atom. The summed E-state index contributed by atoms with van der Waals surface area (Å²) in [5.74, 6) is 0.825. The van der Waals surface area contributed by atoms with Crippen molar-refractivity contribution in [3.05, 3.63) is 53.3 Å². The Morgan fingerprint density at radius 1 is 1.30 bits per heavy atom. The fourth-order valence-electron chi connectivity index (χ4n) is 1.97. The van der Waals surface area contributed by atoms with E-state index in [1.807, 2.05) is 24.3 Å². The van der Waals surface area contributed by atoms with Crippen molar-refractivity contribution in [2.75, 3.05) is 12.4 Å². The van der Waals surface area contributed by atoms with Crippen LogP contribution in [-0.2, 0) is 0 Å². The van der Waals surface area contributed by atoms with Gasteiger partial charge in [0.05, 0.1) is 12.7 Å². The first-order valence-electron chi connectivity index (χ1n) is 6.66. The van der Waals surface area contributed by atoms with Crippen LogP contribution in [0.5, 0.6) is 5.75 Å². The van der Waals surface area contributed by atoms with Crippen LogP contribution in [0.25, 0.3) is 11.4 Å². The van der Waals surface area contributed by atoms with Gasteiger partial charge in [-0.2, -0.15) is 4.98 Å². The van der Waals surface area contributed by atoms with Crippen LogP contribution in [0.1, 0.15) is 10.5 Å². The molecular weight excluding hydrogens is 318 g/mol. The number of ether oxygens (including phenoxy) is 1. The summed E-state index contributed by atoms with van der Waals surface area (Å²) in [6.07, 6.45) is 1.45. The molecule has 1 amide bonds. The van der Waals surface area contributed by atoms with E-state index in [4.69, 9.17) is 16.3 Å². The summed E-state index contributed by atoms with van der Waals surface area (Å²) in [5, 5.41) is 9.72. The van der Waals surface area contributed by atoms with E-state index in [0.717, 1.165) is 5.56 Å². The zero-order chi connectivity index (χ0) is 16.2. The van der Waals surface area contributed by atoms with Crippen LogP contribution in [-0.4, -0.2) is 33.2 Å². The molecule has 3 rings (SSSR count). The van der Waals surface area contributed by atoms with Gasteiger partial charge in [-0.25, -0.2) is 0 Å². The molecule has 8 heteroatoms. The number of anilines is 1. The summed E-state index contributed by atoms with van der Waals surface area (Å²) >= 11 is 5.84. The van der Waals surface area contributed by atoms with Gasteiger partial charge in [0.15, 0.2) is 5.82 Å². The van der Waals surface area contributed by atoms with Crippen LogP contribution in [0.2, 0.25) is 5.02 Å². The van der Waals surface area contributed by atoms with Gasteiger partial charge < -0.3 is 4.74 Å². The van der Waals surface area contributed by atoms with E-state index in [1.54, 1.807) is 13.2 Å². The molecule has 0 radical (unpaired) electrons. The number of nitrogens with one attached hydrogen (secondary N) is 2. The van der Waals surface area contributed by atoms with E-state index < -0.39 is 5.91 Å². The van der Waals surface area contributed by atoms with Gasteiger partial charge in [0, 0.05) is 11.2 Å². The number of pyridine rings is 1. The van der Waals surface area contributed by atoms with Crippen molar-refractivity contribution in [2.45, 2.75) is 0 Å². The van der Waals surface area contributed by atoms with Crippen LogP contribution in [0.3, 0.4) is 0 Å². The SMILES string of the molecule is COc1ccccc1-c1nc(NC(=O)c2cc(Cl)ccn2)n[nH]1.